The summed E-state index contributed by atoms with van der Waals surface area (Å²) >= 11 is 0. The van der Waals surface area contributed by atoms with Crippen molar-refractivity contribution in [3.05, 3.63) is 0 Å². The minimum atomic E-state index is -0.0523. The molecule has 0 radical (unpaired) electrons. The van der Waals surface area contributed by atoms with E-state index in [2.05, 4.69) is 0 Å². The standard InChI is InChI=1S/C5H11NO2/c1-4-7-3-5(2-6)8-4/h4-5H,2-3,6H2,1H3. The van der Waals surface area contributed by atoms with Gasteiger partial charge in [-0.05, 0) is 6.92 Å². The van der Waals surface area contributed by atoms with E-state index < -0.39 is 0 Å². The van der Waals surface area contributed by atoms with Crippen molar-refractivity contribution in [2.24, 2.45) is 5.73 Å². The Labute approximate surface area is 48.8 Å². The predicted molar refractivity (Wildman–Crippen MR) is 29.3 cm³/mol. The fourth-order valence-electron chi connectivity index (χ4n) is 0.716. The molecule has 0 aromatic rings. The van der Waals surface area contributed by atoms with E-state index in [1.807, 2.05) is 6.92 Å². The maximum atomic E-state index is 5.29. The van der Waals surface area contributed by atoms with Gasteiger partial charge in [0.1, 0.15) is 0 Å². The second kappa shape index (κ2) is 2.44. The van der Waals surface area contributed by atoms with E-state index in [4.69, 9.17) is 15.2 Å². The van der Waals surface area contributed by atoms with E-state index >= 15 is 0 Å². The first kappa shape index (κ1) is 6.01. The first-order chi connectivity index (χ1) is 3.83. The molecular formula is C5H11NO2. The molecule has 1 heterocycles. The van der Waals surface area contributed by atoms with Crippen LogP contribution in [0.15, 0.2) is 0 Å². The SMILES string of the molecule is CC1OCC(CN)O1. The maximum absolute atomic E-state index is 5.29. The van der Waals surface area contributed by atoms with Crippen LogP contribution in [0.3, 0.4) is 0 Å². The minimum Gasteiger partial charge on any atom is -0.350 e. The maximum Gasteiger partial charge on any atom is 0.155 e. The number of hydrogen-bond donors (Lipinski definition) is 1. The Morgan fingerprint density at radius 3 is 2.75 bits per heavy atom. The molecule has 48 valence electrons. The third-order valence-electron chi connectivity index (χ3n) is 1.16. The van der Waals surface area contributed by atoms with Crippen molar-refractivity contribution in [1.82, 2.24) is 0 Å². The summed E-state index contributed by atoms with van der Waals surface area (Å²) in [7, 11) is 0. The molecule has 1 aliphatic heterocycles. The summed E-state index contributed by atoms with van der Waals surface area (Å²) in [5.74, 6) is 0. The van der Waals surface area contributed by atoms with Crippen molar-refractivity contribution < 1.29 is 9.47 Å². The van der Waals surface area contributed by atoms with Gasteiger partial charge in [-0.15, -0.1) is 0 Å². The van der Waals surface area contributed by atoms with Crippen LogP contribution in [-0.2, 0) is 9.47 Å². The van der Waals surface area contributed by atoms with Crippen molar-refractivity contribution in [3.63, 3.8) is 0 Å². The molecule has 8 heavy (non-hydrogen) atoms. The van der Waals surface area contributed by atoms with Crippen LogP contribution >= 0.6 is 0 Å². The van der Waals surface area contributed by atoms with Gasteiger partial charge in [0.15, 0.2) is 6.29 Å². The predicted octanol–water partition coefficient (Wildman–Crippen LogP) is -0.294. The molecule has 0 amide bonds. The van der Waals surface area contributed by atoms with Crippen molar-refractivity contribution in [2.45, 2.75) is 19.3 Å². The topological polar surface area (TPSA) is 44.5 Å². The molecule has 2 unspecified atom stereocenters. The van der Waals surface area contributed by atoms with Gasteiger partial charge in [0.2, 0.25) is 0 Å². The highest BCUT2D eigenvalue weighted by Crippen LogP contribution is 2.08. The number of nitrogens with two attached hydrogens (primary N) is 1. The second-order valence-electron chi connectivity index (χ2n) is 1.89. The van der Waals surface area contributed by atoms with Gasteiger partial charge < -0.3 is 15.2 Å². The van der Waals surface area contributed by atoms with Gasteiger partial charge in [0, 0.05) is 6.54 Å². The molecule has 1 rings (SSSR count). The van der Waals surface area contributed by atoms with Crippen LogP contribution in [0.5, 0.6) is 0 Å². The third kappa shape index (κ3) is 1.18. The molecule has 2 N–H and O–H groups in total. The Hall–Kier alpha value is -0.120. The van der Waals surface area contributed by atoms with Crippen LogP contribution in [0.4, 0.5) is 0 Å². The largest absolute Gasteiger partial charge is 0.350 e. The third-order valence-corrected chi connectivity index (χ3v) is 1.16. The van der Waals surface area contributed by atoms with Crippen molar-refractivity contribution in [1.29, 1.82) is 0 Å². The van der Waals surface area contributed by atoms with Gasteiger partial charge in [-0.25, -0.2) is 0 Å². The number of ether oxygens (including phenoxy) is 2. The molecule has 1 fully saturated rings. The molecule has 0 aromatic carbocycles. The Balaban J connectivity index is 2.22. The highest BCUT2D eigenvalue weighted by atomic mass is 16.7. The average molecular weight is 117 g/mol. The fourth-order valence-corrected chi connectivity index (χ4v) is 0.716. The lowest BCUT2D eigenvalue weighted by atomic mass is 10.4. The van der Waals surface area contributed by atoms with E-state index in [0.29, 0.717) is 13.2 Å². The molecule has 1 aliphatic rings. The average Bonchev–Trinajstić information content (AvgIpc) is 2.14. The Kier molecular flexibility index (Phi) is 1.83. The lowest BCUT2D eigenvalue weighted by Crippen LogP contribution is -2.22. The van der Waals surface area contributed by atoms with Gasteiger partial charge in [0.25, 0.3) is 0 Å². The van der Waals surface area contributed by atoms with Crippen LogP contribution in [0.1, 0.15) is 6.92 Å². The summed E-state index contributed by atoms with van der Waals surface area (Å²) in [4.78, 5) is 0. The van der Waals surface area contributed by atoms with Crippen LogP contribution in [-0.4, -0.2) is 25.5 Å². The monoisotopic (exact) mass is 117 g/mol. The van der Waals surface area contributed by atoms with Crippen LogP contribution in [0.25, 0.3) is 0 Å². The van der Waals surface area contributed by atoms with E-state index in [1.54, 1.807) is 0 Å². The molecule has 0 saturated carbocycles. The Morgan fingerprint density at radius 1 is 1.75 bits per heavy atom. The lowest BCUT2D eigenvalue weighted by molar-refractivity contribution is -0.0404. The fraction of sp³-hybridized carbons (Fsp3) is 1.00. The van der Waals surface area contributed by atoms with Gasteiger partial charge >= 0.3 is 0 Å². The zero-order chi connectivity index (χ0) is 5.98. The minimum absolute atomic E-state index is 0.0523. The van der Waals surface area contributed by atoms with Crippen molar-refractivity contribution >= 4 is 0 Å². The number of rotatable bonds is 1. The quantitative estimate of drug-likeness (QED) is 0.513. The number of hydrogen-bond acceptors (Lipinski definition) is 3. The summed E-state index contributed by atoms with van der Waals surface area (Å²) in [5, 5.41) is 0. The first-order valence-electron chi connectivity index (χ1n) is 2.80. The molecule has 2 atom stereocenters. The van der Waals surface area contributed by atoms with Gasteiger partial charge in [-0.1, -0.05) is 0 Å². The molecule has 0 bridgehead atoms. The summed E-state index contributed by atoms with van der Waals surface area (Å²) < 4.78 is 10.2. The van der Waals surface area contributed by atoms with Crippen LogP contribution in [0, 0.1) is 0 Å². The summed E-state index contributed by atoms with van der Waals surface area (Å²) in [5.41, 5.74) is 5.29. The Bertz CT molecular complexity index is 76.8. The molecule has 3 nitrogen and oxygen atoms in total. The zero-order valence-electron chi connectivity index (χ0n) is 4.96. The highest BCUT2D eigenvalue weighted by molar-refractivity contribution is 4.62. The summed E-state index contributed by atoms with van der Waals surface area (Å²) in [6.07, 6.45) is 0.0774. The highest BCUT2D eigenvalue weighted by Gasteiger charge is 2.19. The first-order valence-corrected chi connectivity index (χ1v) is 2.80. The van der Waals surface area contributed by atoms with Gasteiger partial charge in [0.05, 0.1) is 12.7 Å². The zero-order valence-corrected chi connectivity index (χ0v) is 4.96. The van der Waals surface area contributed by atoms with E-state index in [9.17, 15) is 0 Å². The smallest absolute Gasteiger partial charge is 0.155 e. The summed E-state index contributed by atoms with van der Waals surface area (Å²) in [6, 6.07) is 0. The van der Waals surface area contributed by atoms with Crippen LogP contribution in [0.2, 0.25) is 0 Å². The normalized spacial score (nSPS) is 38.2. The van der Waals surface area contributed by atoms with Gasteiger partial charge in [-0.3, -0.25) is 0 Å². The molecule has 0 spiro atoms. The molecule has 0 aliphatic carbocycles. The van der Waals surface area contributed by atoms with Crippen molar-refractivity contribution in [3.8, 4) is 0 Å². The molecule has 0 aromatic heterocycles. The van der Waals surface area contributed by atoms with Gasteiger partial charge in [-0.2, -0.15) is 0 Å². The van der Waals surface area contributed by atoms with E-state index in [0.717, 1.165) is 0 Å². The molecule has 1 saturated heterocycles. The second-order valence-corrected chi connectivity index (χ2v) is 1.89. The van der Waals surface area contributed by atoms with Crippen LogP contribution < -0.4 is 5.73 Å². The summed E-state index contributed by atoms with van der Waals surface area (Å²) in [6.45, 7) is 3.08. The molecule has 3 heteroatoms. The van der Waals surface area contributed by atoms with Crippen molar-refractivity contribution in [2.75, 3.05) is 13.2 Å². The van der Waals surface area contributed by atoms with E-state index in [1.165, 1.54) is 0 Å². The Morgan fingerprint density at radius 2 is 2.50 bits per heavy atom. The van der Waals surface area contributed by atoms with E-state index in [-0.39, 0.29) is 12.4 Å². The molecular weight excluding hydrogens is 106 g/mol. The lowest BCUT2D eigenvalue weighted by Gasteiger charge is -2.02.